The Morgan fingerprint density at radius 3 is 2.33 bits per heavy atom. The zero-order valence-corrected chi connectivity index (χ0v) is 13.8. The van der Waals surface area contributed by atoms with Crippen LogP contribution in [0.15, 0.2) is 42.7 Å². The lowest BCUT2D eigenvalue weighted by Crippen LogP contribution is -2.34. The minimum Gasteiger partial charge on any atom is -0.303 e. The zero-order chi connectivity index (χ0) is 15.5. The zero-order valence-electron chi connectivity index (χ0n) is 13.8. The van der Waals surface area contributed by atoms with Gasteiger partial charge >= 0.3 is 0 Å². The summed E-state index contributed by atoms with van der Waals surface area (Å²) < 4.78 is 1.97. The molecule has 2 unspecified atom stereocenters. The van der Waals surface area contributed by atoms with Gasteiger partial charge in [0.1, 0.15) is 0 Å². The van der Waals surface area contributed by atoms with Crippen molar-refractivity contribution in [3.05, 3.63) is 53.9 Å². The molecule has 0 bridgehead atoms. The highest BCUT2D eigenvalue weighted by Gasteiger charge is 2.27. The monoisotopic (exact) mass is 285 g/mol. The van der Waals surface area contributed by atoms with Gasteiger partial charge in [-0.05, 0) is 24.8 Å². The Balaban J connectivity index is 2.19. The number of hydrogen-bond donors (Lipinski definition) is 1. The van der Waals surface area contributed by atoms with Crippen LogP contribution in [0.1, 0.15) is 57.8 Å². The van der Waals surface area contributed by atoms with Crippen molar-refractivity contribution in [2.45, 2.75) is 53.2 Å². The number of nitrogens with one attached hydrogen (secondary N) is 1. The fraction of sp³-hybridized carbons (Fsp3) is 0.500. The Hall–Kier alpha value is -1.61. The summed E-state index contributed by atoms with van der Waals surface area (Å²) in [5.74, 6) is 0. The van der Waals surface area contributed by atoms with Gasteiger partial charge in [0.05, 0.1) is 6.20 Å². The van der Waals surface area contributed by atoms with Crippen LogP contribution in [-0.4, -0.2) is 9.78 Å². The molecular formula is C18H27N3. The van der Waals surface area contributed by atoms with E-state index in [2.05, 4.69) is 81.6 Å². The molecule has 21 heavy (non-hydrogen) atoms. The van der Waals surface area contributed by atoms with Crippen molar-refractivity contribution in [3.63, 3.8) is 0 Å². The lowest BCUT2D eigenvalue weighted by molar-refractivity contribution is 0.254. The number of rotatable bonds is 5. The van der Waals surface area contributed by atoms with E-state index in [9.17, 15) is 0 Å². The Kier molecular flexibility index (Phi) is 4.84. The molecule has 0 saturated heterocycles. The fourth-order valence-electron chi connectivity index (χ4n) is 2.61. The normalized spacial score (nSPS) is 14.9. The van der Waals surface area contributed by atoms with E-state index in [0.29, 0.717) is 6.04 Å². The van der Waals surface area contributed by atoms with Gasteiger partial charge in [0.25, 0.3) is 0 Å². The van der Waals surface area contributed by atoms with Gasteiger partial charge in [-0.1, -0.05) is 51.1 Å². The van der Waals surface area contributed by atoms with E-state index in [4.69, 9.17) is 0 Å². The van der Waals surface area contributed by atoms with E-state index in [1.165, 1.54) is 11.1 Å². The average molecular weight is 285 g/mol. The standard InChI is InChI=1S/C18H27N3/c1-6-21-13-16(12-19-21)14(2)20-17(18(3,4)5)15-10-8-7-9-11-15/h7-14,17,20H,6H2,1-5H3. The van der Waals surface area contributed by atoms with Crippen molar-refractivity contribution in [1.82, 2.24) is 15.1 Å². The second-order valence-electron chi connectivity index (χ2n) is 6.73. The molecule has 1 aromatic heterocycles. The van der Waals surface area contributed by atoms with Crippen molar-refractivity contribution in [2.75, 3.05) is 0 Å². The first-order valence-electron chi connectivity index (χ1n) is 7.75. The number of nitrogens with zero attached hydrogens (tertiary/aromatic N) is 2. The summed E-state index contributed by atoms with van der Waals surface area (Å²) in [7, 11) is 0. The maximum atomic E-state index is 4.37. The molecule has 3 heteroatoms. The second kappa shape index (κ2) is 6.44. The molecule has 2 atom stereocenters. The fourth-order valence-corrected chi connectivity index (χ4v) is 2.61. The lowest BCUT2D eigenvalue weighted by atomic mass is 9.82. The van der Waals surface area contributed by atoms with Crippen LogP contribution in [0.2, 0.25) is 0 Å². The van der Waals surface area contributed by atoms with Crippen LogP contribution in [0, 0.1) is 5.41 Å². The predicted molar refractivity (Wildman–Crippen MR) is 88.1 cm³/mol. The summed E-state index contributed by atoms with van der Waals surface area (Å²) in [6, 6.07) is 11.3. The first-order valence-corrected chi connectivity index (χ1v) is 7.75. The van der Waals surface area contributed by atoms with Crippen molar-refractivity contribution < 1.29 is 0 Å². The Bertz CT molecular complexity index is 551. The highest BCUT2D eigenvalue weighted by atomic mass is 15.3. The van der Waals surface area contributed by atoms with Crippen LogP contribution >= 0.6 is 0 Å². The molecule has 0 aliphatic heterocycles. The molecule has 0 saturated carbocycles. The van der Waals surface area contributed by atoms with Gasteiger partial charge in [0.15, 0.2) is 0 Å². The summed E-state index contributed by atoms with van der Waals surface area (Å²) in [5.41, 5.74) is 2.72. The van der Waals surface area contributed by atoms with Gasteiger partial charge in [-0.2, -0.15) is 5.10 Å². The molecule has 1 heterocycles. The van der Waals surface area contributed by atoms with E-state index < -0.39 is 0 Å². The molecule has 0 fully saturated rings. The van der Waals surface area contributed by atoms with Crippen LogP contribution in [0.25, 0.3) is 0 Å². The summed E-state index contributed by atoms with van der Waals surface area (Å²) in [6.45, 7) is 12.1. The molecule has 2 aromatic rings. The lowest BCUT2D eigenvalue weighted by Gasteiger charge is -2.34. The summed E-state index contributed by atoms with van der Waals surface area (Å²) >= 11 is 0. The Morgan fingerprint density at radius 1 is 1.14 bits per heavy atom. The van der Waals surface area contributed by atoms with Crippen molar-refractivity contribution in [3.8, 4) is 0 Å². The van der Waals surface area contributed by atoms with Gasteiger partial charge in [0, 0.05) is 30.4 Å². The number of aromatic nitrogens is 2. The number of hydrogen-bond acceptors (Lipinski definition) is 2. The first kappa shape index (κ1) is 15.8. The minimum atomic E-state index is 0.149. The molecule has 0 amide bonds. The van der Waals surface area contributed by atoms with Crippen LogP contribution in [-0.2, 0) is 6.54 Å². The van der Waals surface area contributed by atoms with Crippen molar-refractivity contribution in [2.24, 2.45) is 5.41 Å². The molecule has 3 nitrogen and oxygen atoms in total. The van der Waals surface area contributed by atoms with Gasteiger partial charge in [-0.3, -0.25) is 4.68 Å². The third-order valence-corrected chi connectivity index (χ3v) is 3.89. The van der Waals surface area contributed by atoms with Gasteiger partial charge in [-0.25, -0.2) is 0 Å². The third-order valence-electron chi connectivity index (χ3n) is 3.89. The predicted octanol–water partition coefficient (Wildman–Crippen LogP) is 4.34. The van der Waals surface area contributed by atoms with Crippen LogP contribution in [0.5, 0.6) is 0 Å². The average Bonchev–Trinajstić information content (AvgIpc) is 2.93. The Labute approximate surface area is 128 Å². The van der Waals surface area contributed by atoms with Gasteiger partial charge < -0.3 is 5.32 Å². The molecule has 0 radical (unpaired) electrons. The minimum absolute atomic E-state index is 0.149. The smallest absolute Gasteiger partial charge is 0.0537 e. The largest absolute Gasteiger partial charge is 0.303 e. The molecule has 2 rings (SSSR count). The van der Waals surface area contributed by atoms with Gasteiger partial charge in [0.2, 0.25) is 0 Å². The van der Waals surface area contributed by atoms with E-state index in [-0.39, 0.29) is 11.5 Å². The van der Waals surface area contributed by atoms with E-state index >= 15 is 0 Å². The van der Waals surface area contributed by atoms with Crippen LogP contribution in [0.4, 0.5) is 0 Å². The van der Waals surface area contributed by atoms with Gasteiger partial charge in [-0.15, -0.1) is 0 Å². The van der Waals surface area contributed by atoms with Crippen molar-refractivity contribution in [1.29, 1.82) is 0 Å². The Morgan fingerprint density at radius 2 is 1.81 bits per heavy atom. The molecule has 1 aromatic carbocycles. The summed E-state index contributed by atoms with van der Waals surface area (Å²) in [4.78, 5) is 0. The maximum absolute atomic E-state index is 4.37. The second-order valence-corrected chi connectivity index (χ2v) is 6.73. The third kappa shape index (κ3) is 3.94. The highest BCUT2D eigenvalue weighted by Crippen LogP contribution is 2.34. The topological polar surface area (TPSA) is 29.9 Å². The molecule has 0 spiro atoms. The quantitative estimate of drug-likeness (QED) is 0.885. The summed E-state index contributed by atoms with van der Waals surface area (Å²) in [6.07, 6.45) is 4.09. The molecular weight excluding hydrogens is 258 g/mol. The molecule has 0 aliphatic rings. The first-order chi connectivity index (χ1) is 9.91. The van der Waals surface area contributed by atoms with E-state index in [1.54, 1.807) is 0 Å². The molecule has 114 valence electrons. The molecule has 1 N–H and O–H groups in total. The number of benzene rings is 1. The molecule has 0 aliphatic carbocycles. The number of aryl methyl sites for hydroxylation is 1. The maximum Gasteiger partial charge on any atom is 0.0537 e. The van der Waals surface area contributed by atoms with Crippen molar-refractivity contribution >= 4 is 0 Å². The summed E-state index contributed by atoms with van der Waals surface area (Å²) in [5, 5.41) is 8.15. The SMILES string of the molecule is CCn1cc(C(C)NC(c2ccccc2)C(C)(C)C)cn1. The van der Waals surface area contributed by atoms with Crippen LogP contribution in [0.3, 0.4) is 0 Å². The highest BCUT2D eigenvalue weighted by molar-refractivity contribution is 5.22. The van der Waals surface area contributed by atoms with E-state index in [1.807, 2.05) is 10.9 Å². The van der Waals surface area contributed by atoms with E-state index in [0.717, 1.165) is 6.54 Å². The van der Waals surface area contributed by atoms with Crippen LogP contribution < -0.4 is 5.32 Å².